The van der Waals surface area contributed by atoms with Crippen LogP contribution in [0.25, 0.3) is 10.2 Å². The van der Waals surface area contributed by atoms with Gasteiger partial charge in [-0.2, -0.15) is 0 Å². The molecule has 1 heterocycles. The first kappa shape index (κ1) is 24.0. The van der Waals surface area contributed by atoms with Crippen molar-refractivity contribution in [1.29, 1.82) is 0 Å². The normalized spacial score (nSPS) is 11.7. The maximum absolute atomic E-state index is 13.1. The van der Waals surface area contributed by atoms with Gasteiger partial charge in [-0.05, 0) is 51.1 Å². The first-order chi connectivity index (χ1) is 15.0. The van der Waals surface area contributed by atoms with Gasteiger partial charge in [-0.3, -0.25) is 4.72 Å². The third-order valence-corrected chi connectivity index (χ3v) is 7.20. The van der Waals surface area contributed by atoms with Crippen molar-refractivity contribution in [3.05, 3.63) is 52.0 Å². The summed E-state index contributed by atoms with van der Waals surface area (Å²) in [4.78, 5) is 16.2. The summed E-state index contributed by atoms with van der Waals surface area (Å²) in [6, 6.07) is 9.62. The van der Waals surface area contributed by atoms with Crippen LogP contribution in [0.1, 0.15) is 24.4 Å². The van der Waals surface area contributed by atoms with Crippen LogP contribution < -0.4 is 4.72 Å². The number of fused-ring (bicyclic) bond motifs is 1. The predicted molar refractivity (Wildman–Crippen MR) is 126 cm³/mol. The Bertz CT molecular complexity index is 1340. The van der Waals surface area contributed by atoms with E-state index in [2.05, 4.69) is 26.3 Å². The summed E-state index contributed by atoms with van der Waals surface area (Å²) in [6.07, 6.45) is 0. The lowest BCUT2D eigenvalue weighted by atomic mass is 10.1. The zero-order valence-corrected chi connectivity index (χ0v) is 20.2. The zero-order valence-electron chi connectivity index (χ0n) is 17.9. The Balaban J connectivity index is 1.88. The van der Waals surface area contributed by atoms with E-state index in [4.69, 9.17) is 16.3 Å². The number of carbonyl (C=O) groups is 1. The third kappa shape index (κ3) is 5.40. The van der Waals surface area contributed by atoms with Crippen molar-refractivity contribution >= 4 is 54.8 Å². The third-order valence-electron chi connectivity index (χ3n) is 4.41. The Morgan fingerprint density at radius 3 is 2.75 bits per heavy atom. The molecule has 1 aromatic heterocycles. The quantitative estimate of drug-likeness (QED) is 0.405. The van der Waals surface area contributed by atoms with Crippen LogP contribution in [0, 0.1) is 18.8 Å². The summed E-state index contributed by atoms with van der Waals surface area (Å²) in [5.74, 6) is 5.11. The molecule has 0 fully saturated rings. The molecule has 0 unspecified atom stereocenters. The molecule has 7 nitrogen and oxygen atoms in total. The van der Waals surface area contributed by atoms with E-state index in [9.17, 15) is 13.2 Å². The number of aromatic nitrogens is 1. The lowest BCUT2D eigenvalue weighted by molar-refractivity contribution is -0.163. The minimum Gasteiger partial charge on any atom is -0.467 e. The predicted octanol–water partition coefficient (Wildman–Crippen LogP) is 4.38. The van der Waals surface area contributed by atoms with Crippen molar-refractivity contribution in [2.24, 2.45) is 0 Å². The number of anilines is 1. The highest BCUT2D eigenvalue weighted by Crippen LogP contribution is 2.30. The van der Waals surface area contributed by atoms with Crippen LogP contribution in [0.2, 0.25) is 5.02 Å². The van der Waals surface area contributed by atoms with Gasteiger partial charge in [0.15, 0.2) is 5.60 Å². The molecule has 0 aliphatic heterocycles. The lowest BCUT2D eigenvalue weighted by Crippen LogP contribution is -2.36. The van der Waals surface area contributed by atoms with Crippen molar-refractivity contribution in [3.8, 4) is 11.8 Å². The summed E-state index contributed by atoms with van der Waals surface area (Å²) in [5.41, 5.74) is 0.103. The second-order valence-electron chi connectivity index (χ2n) is 7.23. The van der Waals surface area contributed by atoms with E-state index in [1.165, 1.54) is 24.5 Å². The fourth-order valence-corrected chi connectivity index (χ4v) is 5.44. The number of ether oxygens (including phenoxy) is 2. The van der Waals surface area contributed by atoms with Crippen molar-refractivity contribution in [2.45, 2.75) is 31.3 Å². The van der Waals surface area contributed by atoms with Crippen LogP contribution in [-0.2, 0) is 24.3 Å². The van der Waals surface area contributed by atoms with E-state index in [1.807, 2.05) is 6.92 Å². The van der Waals surface area contributed by atoms with Crippen LogP contribution >= 0.6 is 22.9 Å². The maximum Gasteiger partial charge on any atom is 0.337 e. The Kier molecular flexibility index (Phi) is 7.10. The monoisotopic (exact) mass is 492 g/mol. The topological polar surface area (TPSA) is 94.6 Å². The van der Waals surface area contributed by atoms with Gasteiger partial charge < -0.3 is 9.47 Å². The number of nitrogens with one attached hydrogen (secondary N) is 1. The fourth-order valence-electron chi connectivity index (χ4n) is 2.81. The number of halogens is 1. The average Bonchev–Trinajstić information content (AvgIpc) is 3.12. The molecule has 10 heteroatoms. The van der Waals surface area contributed by atoms with Gasteiger partial charge in [-0.1, -0.05) is 29.5 Å². The fraction of sp³-hybridized carbons (Fsp3) is 0.273. The lowest BCUT2D eigenvalue weighted by Gasteiger charge is -2.20. The first-order valence-corrected chi connectivity index (χ1v) is 12.1. The number of carbonyl (C=O) groups excluding carboxylic acids is 1. The standard InChI is InChI=1S/C22H21ClN2O5S2/c1-14-24-18-8-5-9-19(20(18)31-14)32(27,28)25-17-11-10-16(23)13-15(17)7-6-12-30-22(2,3)21(26)29-4/h5,8-11,13,25H,12H2,1-4H3. The van der Waals surface area contributed by atoms with Gasteiger partial charge in [0, 0.05) is 5.02 Å². The van der Waals surface area contributed by atoms with Gasteiger partial charge >= 0.3 is 5.97 Å². The van der Waals surface area contributed by atoms with E-state index in [0.717, 1.165) is 5.01 Å². The minimum atomic E-state index is -3.91. The molecule has 0 amide bonds. The second-order valence-corrected chi connectivity index (χ2v) is 10.5. The number of hydrogen-bond donors (Lipinski definition) is 1. The molecule has 2 aromatic carbocycles. The van der Waals surface area contributed by atoms with E-state index >= 15 is 0 Å². The molecule has 3 aromatic rings. The highest BCUT2D eigenvalue weighted by atomic mass is 35.5. The number of aryl methyl sites for hydroxylation is 1. The molecule has 0 spiro atoms. The number of methoxy groups -OCH3 is 1. The first-order valence-electron chi connectivity index (χ1n) is 9.43. The molecule has 32 heavy (non-hydrogen) atoms. The summed E-state index contributed by atoms with van der Waals surface area (Å²) >= 11 is 7.40. The number of hydrogen-bond acceptors (Lipinski definition) is 7. The van der Waals surface area contributed by atoms with Gasteiger partial charge in [0.05, 0.1) is 33.6 Å². The molecular weight excluding hydrogens is 472 g/mol. The molecular formula is C22H21ClN2O5S2. The maximum atomic E-state index is 13.1. The van der Waals surface area contributed by atoms with E-state index < -0.39 is 21.6 Å². The van der Waals surface area contributed by atoms with Crippen LogP contribution in [-0.4, -0.2) is 38.7 Å². The van der Waals surface area contributed by atoms with Crippen molar-refractivity contribution < 1.29 is 22.7 Å². The summed E-state index contributed by atoms with van der Waals surface area (Å²) in [7, 11) is -2.64. The number of rotatable bonds is 6. The van der Waals surface area contributed by atoms with Crippen LogP contribution in [0.5, 0.6) is 0 Å². The van der Waals surface area contributed by atoms with Gasteiger partial charge in [-0.15, -0.1) is 11.3 Å². The van der Waals surface area contributed by atoms with Crippen LogP contribution in [0.3, 0.4) is 0 Å². The number of esters is 1. The molecule has 0 saturated carbocycles. The number of benzene rings is 2. The minimum absolute atomic E-state index is 0.0692. The van der Waals surface area contributed by atoms with Gasteiger partial charge in [-0.25, -0.2) is 18.2 Å². The largest absolute Gasteiger partial charge is 0.467 e. The molecule has 0 atom stereocenters. The van der Waals surface area contributed by atoms with Gasteiger partial charge in [0.2, 0.25) is 0 Å². The van der Waals surface area contributed by atoms with Crippen LogP contribution in [0.15, 0.2) is 41.3 Å². The molecule has 168 valence electrons. The number of sulfonamides is 1. The van der Waals surface area contributed by atoms with Crippen LogP contribution in [0.4, 0.5) is 5.69 Å². The molecule has 0 radical (unpaired) electrons. The second kappa shape index (κ2) is 9.46. The summed E-state index contributed by atoms with van der Waals surface area (Å²) < 4.78 is 39.6. The van der Waals surface area contributed by atoms with E-state index in [1.54, 1.807) is 44.2 Å². The Morgan fingerprint density at radius 2 is 2.03 bits per heavy atom. The molecule has 3 rings (SSSR count). The molecule has 0 bridgehead atoms. The number of thiazole rings is 1. The summed E-state index contributed by atoms with van der Waals surface area (Å²) in [5, 5.41) is 1.17. The highest BCUT2D eigenvalue weighted by molar-refractivity contribution is 7.93. The van der Waals surface area contributed by atoms with Gasteiger partial charge in [0.1, 0.15) is 11.5 Å². The van der Waals surface area contributed by atoms with E-state index in [-0.39, 0.29) is 17.2 Å². The van der Waals surface area contributed by atoms with Crippen molar-refractivity contribution in [2.75, 3.05) is 18.4 Å². The Hall–Kier alpha value is -2.64. The smallest absolute Gasteiger partial charge is 0.337 e. The zero-order chi connectivity index (χ0) is 23.5. The SMILES string of the molecule is COC(=O)C(C)(C)OCC#Cc1cc(Cl)ccc1NS(=O)(=O)c1cccc2nc(C)sc12. The van der Waals surface area contributed by atoms with Crippen molar-refractivity contribution in [3.63, 3.8) is 0 Å². The Morgan fingerprint density at radius 1 is 1.28 bits per heavy atom. The van der Waals surface area contributed by atoms with Crippen molar-refractivity contribution in [1.82, 2.24) is 4.98 Å². The number of nitrogens with zero attached hydrogens (tertiary/aromatic N) is 1. The Labute approximate surface area is 195 Å². The van der Waals surface area contributed by atoms with Gasteiger partial charge in [0.25, 0.3) is 10.0 Å². The molecule has 0 saturated heterocycles. The molecule has 1 N–H and O–H groups in total. The molecule has 0 aliphatic rings. The average molecular weight is 493 g/mol. The highest BCUT2D eigenvalue weighted by Gasteiger charge is 2.29. The summed E-state index contributed by atoms with van der Waals surface area (Å²) in [6.45, 7) is 4.90. The molecule has 0 aliphatic carbocycles. The van der Waals surface area contributed by atoms with E-state index in [0.29, 0.717) is 20.8 Å².